The molecule has 100 valence electrons. The first-order chi connectivity index (χ1) is 9.15. The van der Waals surface area contributed by atoms with Crippen LogP contribution in [-0.2, 0) is 0 Å². The minimum Gasteiger partial charge on any atom is -0.356 e. The lowest BCUT2D eigenvalue weighted by Gasteiger charge is -2.32. The maximum Gasteiger partial charge on any atom is 0.165 e. The fraction of sp³-hybridized carbons (Fsp3) is 0.533. The summed E-state index contributed by atoms with van der Waals surface area (Å²) in [7, 11) is 0. The molecule has 19 heavy (non-hydrogen) atoms. The van der Waals surface area contributed by atoms with Crippen LogP contribution in [0.15, 0.2) is 12.4 Å². The highest BCUT2D eigenvalue weighted by atomic mass is 15.2. The Balaban J connectivity index is 2.13. The van der Waals surface area contributed by atoms with E-state index < -0.39 is 0 Å². The minimum absolute atomic E-state index is 0.734. The third-order valence-electron chi connectivity index (χ3n) is 3.87. The van der Waals surface area contributed by atoms with Crippen molar-refractivity contribution >= 4 is 16.9 Å². The Morgan fingerprint density at radius 1 is 1.26 bits per heavy atom. The molecule has 0 saturated carbocycles. The van der Waals surface area contributed by atoms with Gasteiger partial charge < -0.3 is 4.90 Å². The van der Waals surface area contributed by atoms with Crippen molar-refractivity contribution in [1.29, 1.82) is 0 Å². The van der Waals surface area contributed by atoms with Gasteiger partial charge in [-0.2, -0.15) is 0 Å². The molecular weight excluding hydrogens is 236 g/mol. The number of piperidine rings is 1. The molecule has 1 unspecified atom stereocenters. The van der Waals surface area contributed by atoms with Gasteiger partial charge in [-0.1, -0.05) is 6.92 Å². The number of rotatable bonds is 1. The first-order valence-electron chi connectivity index (χ1n) is 6.99. The lowest BCUT2D eigenvalue weighted by atomic mass is 10.00. The zero-order chi connectivity index (χ0) is 13.4. The molecule has 1 saturated heterocycles. The van der Waals surface area contributed by atoms with Crippen LogP contribution in [-0.4, -0.2) is 28.0 Å². The molecule has 0 spiro atoms. The second-order valence-corrected chi connectivity index (χ2v) is 5.67. The summed E-state index contributed by atoms with van der Waals surface area (Å²) in [5, 5.41) is 1.11. The molecule has 0 aliphatic carbocycles. The second kappa shape index (κ2) is 4.76. The lowest BCUT2D eigenvalue weighted by molar-refractivity contribution is 0.445. The molecule has 3 rings (SSSR count). The summed E-state index contributed by atoms with van der Waals surface area (Å²) in [6.07, 6.45) is 4.20. The Kier molecular flexibility index (Phi) is 3.09. The fourth-order valence-electron chi connectivity index (χ4n) is 3.01. The van der Waals surface area contributed by atoms with Crippen LogP contribution in [0.25, 0.3) is 11.0 Å². The summed E-state index contributed by atoms with van der Waals surface area (Å²) in [6, 6.07) is 2.11. The zero-order valence-corrected chi connectivity index (χ0v) is 11.8. The largest absolute Gasteiger partial charge is 0.356 e. The topological polar surface area (TPSA) is 41.9 Å². The average molecular weight is 256 g/mol. The van der Waals surface area contributed by atoms with Crippen molar-refractivity contribution < 1.29 is 0 Å². The number of nitrogens with zero attached hydrogens (tertiary/aromatic N) is 4. The molecule has 2 aromatic rings. The molecule has 1 fully saturated rings. The minimum atomic E-state index is 0.734. The molecule has 0 amide bonds. The van der Waals surface area contributed by atoms with Crippen LogP contribution in [0.5, 0.6) is 0 Å². The van der Waals surface area contributed by atoms with Gasteiger partial charge in [0.2, 0.25) is 0 Å². The third kappa shape index (κ3) is 2.27. The molecule has 0 bridgehead atoms. The van der Waals surface area contributed by atoms with Crippen molar-refractivity contribution in [2.45, 2.75) is 33.6 Å². The van der Waals surface area contributed by atoms with Crippen molar-refractivity contribution in [2.24, 2.45) is 5.92 Å². The monoisotopic (exact) mass is 256 g/mol. The van der Waals surface area contributed by atoms with Gasteiger partial charge in [-0.15, -0.1) is 0 Å². The predicted octanol–water partition coefficient (Wildman–Crippen LogP) is 2.88. The predicted molar refractivity (Wildman–Crippen MR) is 77.4 cm³/mol. The van der Waals surface area contributed by atoms with E-state index in [1.807, 2.05) is 6.92 Å². The van der Waals surface area contributed by atoms with Gasteiger partial charge in [0.25, 0.3) is 0 Å². The Morgan fingerprint density at radius 3 is 2.89 bits per heavy atom. The van der Waals surface area contributed by atoms with Gasteiger partial charge in [0.05, 0.1) is 5.39 Å². The molecule has 0 aromatic carbocycles. The molecule has 2 aromatic heterocycles. The van der Waals surface area contributed by atoms with Crippen molar-refractivity contribution in [3.63, 3.8) is 0 Å². The maximum absolute atomic E-state index is 4.53. The smallest absolute Gasteiger partial charge is 0.165 e. The Bertz CT molecular complexity index is 608. The summed E-state index contributed by atoms with van der Waals surface area (Å²) in [6.45, 7) is 8.61. The molecule has 1 atom stereocenters. The fourth-order valence-corrected chi connectivity index (χ4v) is 3.01. The average Bonchev–Trinajstić information content (AvgIpc) is 2.37. The van der Waals surface area contributed by atoms with Crippen molar-refractivity contribution in [3.8, 4) is 0 Å². The molecular formula is C15H20N4. The van der Waals surface area contributed by atoms with Crippen LogP contribution in [0, 0.1) is 19.8 Å². The highest BCUT2D eigenvalue weighted by Crippen LogP contribution is 2.29. The number of hydrogen-bond acceptors (Lipinski definition) is 4. The van der Waals surface area contributed by atoms with E-state index in [4.69, 9.17) is 0 Å². The van der Waals surface area contributed by atoms with Gasteiger partial charge >= 0.3 is 0 Å². The Labute approximate surface area is 113 Å². The summed E-state index contributed by atoms with van der Waals surface area (Å²) in [5.74, 6) is 1.79. The number of aromatic nitrogens is 3. The summed E-state index contributed by atoms with van der Waals surface area (Å²) in [4.78, 5) is 15.8. The van der Waals surface area contributed by atoms with Crippen LogP contribution in [0.2, 0.25) is 0 Å². The van der Waals surface area contributed by atoms with Crippen LogP contribution >= 0.6 is 0 Å². The van der Waals surface area contributed by atoms with E-state index in [9.17, 15) is 0 Å². The summed E-state index contributed by atoms with van der Waals surface area (Å²) in [5.41, 5.74) is 3.05. The maximum atomic E-state index is 4.53. The van der Waals surface area contributed by atoms with Gasteiger partial charge in [0.15, 0.2) is 5.65 Å². The lowest BCUT2D eigenvalue weighted by Crippen LogP contribution is -2.35. The number of hydrogen-bond donors (Lipinski definition) is 0. The van der Waals surface area contributed by atoms with Gasteiger partial charge in [-0.25, -0.2) is 15.0 Å². The van der Waals surface area contributed by atoms with E-state index in [1.54, 1.807) is 6.33 Å². The molecule has 4 nitrogen and oxygen atoms in total. The van der Waals surface area contributed by atoms with Crippen molar-refractivity contribution in [2.75, 3.05) is 18.0 Å². The molecule has 3 heterocycles. The van der Waals surface area contributed by atoms with Gasteiger partial charge in [0, 0.05) is 18.8 Å². The van der Waals surface area contributed by atoms with Crippen LogP contribution in [0.1, 0.15) is 31.0 Å². The molecule has 1 aliphatic rings. The van der Waals surface area contributed by atoms with Crippen LogP contribution in [0.3, 0.4) is 0 Å². The zero-order valence-electron chi connectivity index (χ0n) is 11.8. The van der Waals surface area contributed by atoms with Crippen molar-refractivity contribution in [3.05, 3.63) is 23.7 Å². The summed E-state index contributed by atoms with van der Waals surface area (Å²) >= 11 is 0. The van der Waals surface area contributed by atoms with Gasteiger partial charge in [0.1, 0.15) is 12.1 Å². The highest BCUT2D eigenvalue weighted by Gasteiger charge is 2.20. The van der Waals surface area contributed by atoms with Gasteiger partial charge in [-0.05, 0) is 44.2 Å². The normalized spacial score (nSPS) is 19.9. The van der Waals surface area contributed by atoms with Crippen molar-refractivity contribution in [1.82, 2.24) is 15.0 Å². The van der Waals surface area contributed by atoms with Crippen LogP contribution in [0.4, 0.5) is 5.82 Å². The van der Waals surface area contributed by atoms with E-state index >= 15 is 0 Å². The number of anilines is 1. The molecule has 4 heteroatoms. The second-order valence-electron chi connectivity index (χ2n) is 5.67. The van der Waals surface area contributed by atoms with E-state index in [0.717, 1.165) is 41.6 Å². The number of aryl methyl sites for hydroxylation is 2. The first kappa shape index (κ1) is 12.3. The van der Waals surface area contributed by atoms with E-state index in [2.05, 4.69) is 39.8 Å². The Morgan fingerprint density at radius 2 is 2.11 bits per heavy atom. The van der Waals surface area contributed by atoms with E-state index in [-0.39, 0.29) is 0 Å². The summed E-state index contributed by atoms with van der Waals surface area (Å²) < 4.78 is 0. The number of pyridine rings is 1. The standard InChI is InChI=1S/C15H20N4/c1-10-5-4-6-19(8-10)15-13-11(2)7-12(3)18-14(13)16-9-17-15/h7,9-10H,4-6,8H2,1-3H3. The third-order valence-corrected chi connectivity index (χ3v) is 3.87. The molecule has 0 radical (unpaired) electrons. The molecule has 1 aliphatic heterocycles. The highest BCUT2D eigenvalue weighted by molar-refractivity contribution is 5.90. The van der Waals surface area contributed by atoms with E-state index in [1.165, 1.54) is 18.4 Å². The number of fused-ring (bicyclic) bond motifs is 1. The first-order valence-corrected chi connectivity index (χ1v) is 6.99. The molecule has 0 N–H and O–H groups in total. The van der Waals surface area contributed by atoms with E-state index in [0.29, 0.717) is 0 Å². The Hall–Kier alpha value is -1.71. The SMILES string of the molecule is Cc1cc(C)c2c(N3CCCC(C)C3)ncnc2n1. The van der Waals surface area contributed by atoms with Crippen LogP contribution < -0.4 is 4.90 Å². The van der Waals surface area contributed by atoms with Gasteiger partial charge in [-0.3, -0.25) is 0 Å². The quantitative estimate of drug-likeness (QED) is 0.786.